The highest BCUT2D eigenvalue weighted by Crippen LogP contribution is 2.29. The summed E-state index contributed by atoms with van der Waals surface area (Å²) >= 11 is 0. The Labute approximate surface area is 121 Å². The van der Waals surface area contributed by atoms with Crippen LogP contribution in [0.25, 0.3) is 6.08 Å². The number of aliphatic hydroxyl groups is 1. The van der Waals surface area contributed by atoms with Gasteiger partial charge < -0.3 is 9.84 Å². The molecule has 3 nitrogen and oxygen atoms in total. The van der Waals surface area contributed by atoms with E-state index in [2.05, 4.69) is 4.74 Å². The lowest BCUT2D eigenvalue weighted by Gasteiger charge is -2.18. The average molecular weight is 302 g/mol. The smallest absolute Gasteiger partial charge is 0.418 e. The van der Waals surface area contributed by atoms with Gasteiger partial charge in [-0.15, -0.1) is 0 Å². The average Bonchev–Trinajstić information content (AvgIpc) is 2.43. The van der Waals surface area contributed by atoms with Crippen LogP contribution in [-0.2, 0) is 9.53 Å². The first-order chi connectivity index (χ1) is 9.84. The second-order valence-electron chi connectivity index (χ2n) is 4.38. The number of ether oxygens (including phenoxy) is 1. The summed E-state index contributed by atoms with van der Waals surface area (Å²) in [7, 11) is 0. The van der Waals surface area contributed by atoms with Crippen molar-refractivity contribution in [1.29, 1.82) is 0 Å². The van der Waals surface area contributed by atoms with E-state index in [4.69, 9.17) is 0 Å². The molecule has 116 valence electrons. The van der Waals surface area contributed by atoms with Gasteiger partial charge in [0.05, 0.1) is 6.61 Å². The molecule has 0 aliphatic carbocycles. The Morgan fingerprint density at radius 1 is 1.29 bits per heavy atom. The van der Waals surface area contributed by atoms with E-state index in [0.29, 0.717) is 5.56 Å². The van der Waals surface area contributed by atoms with Gasteiger partial charge in [0.25, 0.3) is 0 Å². The minimum absolute atomic E-state index is 0.165. The molecule has 0 saturated heterocycles. The molecule has 1 aromatic carbocycles. The molecule has 0 fully saturated rings. The quantitative estimate of drug-likeness (QED) is 0.820. The van der Waals surface area contributed by atoms with Crippen molar-refractivity contribution in [3.8, 4) is 0 Å². The van der Waals surface area contributed by atoms with Crippen LogP contribution in [0.15, 0.2) is 35.9 Å². The van der Waals surface area contributed by atoms with Gasteiger partial charge in [-0.05, 0) is 24.5 Å². The second-order valence-corrected chi connectivity index (χ2v) is 4.38. The third-order valence-corrected chi connectivity index (χ3v) is 2.74. The molecule has 0 radical (unpaired) electrons. The lowest BCUT2D eigenvalue weighted by molar-refractivity contribution is -0.191. The predicted molar refractivity (Wildman–Crippen MR) is 72.3 cm³/mol. The highest BCUT2D eigenvalue weighted by molar-refractivity contribution is 5.70. The summed E-state index contributed by atoms with van der Waals surface area (Å²) in [6.45, 7) is 1.78. The third kappa shape index (κ3) is 5.99. The molecular formula is C15H17F3O3. The van der Waals surface area contributed by atoms with Gasteiger partial charge in [-0.2, -0.15) is 13.2 Å². The van der Waals surface area contributed by atoms with Gasteiger partial charge in [-0.3, -0.25) is 4.79 Å². The van der Waals surface area contributed by atoms with Crippen LogP contribution in [0.2, 0.25) is 0 Å². The summed E-state index contributed by atoms with van der Waals surface area (Å²) in [5.41, 5.74) is 0.265. The molecule has 0 aliphatic heterocycles. The molecule has 0 aromatic heterocycles. The Kier molecular flexibility index (Phi) is 6.42. The maximum absolute atomic E-state index is 12.7. The molecule has 1 aromatic rings. The molecule has 6 heteroatoms. The van der Waals surface area contributed by atoms with Crippen molar-refractivity contribution in [2.45, 2.75) is 32.0 Å². The van der Waals surface area contributed by atoms with Gasteiger partial charge >= 0.3 is 12.1 Å². The highest BCUT2D eigenvalue weighted by atomic mass is 19.4. The number of carbonyl (C=O) groups excluding carboxylic acids is 1. The number of hydrogen-bond acceptors (Lipinski definition) is 3. The van der Waals surface area contributed by atoms with Crippen molar-refractivity contribution in [3.63, 3.8) is 0 Å². The van der Waals surface area contributed by atoms with E-state index in [1.807, 2.05) is 0 Å². The molecule has 1 atom stereocenters. The van der Waals surface area contributed by atoms with Gasteiger partial charge in [-0.1, -0.05) is 36.4 Å². The molecule has 0 amide bonds. The Bertz CT molecular complexity index is 481. The van der Waals surface area contributed by atoms with Gasteiger partial charge in [0, 0.05) is 6.42 Å². The Balaban J connectivity index is 2.90. The Morgan fingerprint density at radius 3 is 2.43 bits per heavy atom. The molecule has 0 saturated carbocycles. The van der Waals surface area contributed by atoms with Crippen molar-refractivity contribution in [1.82, 2.24) is 0 Å². The lowest BCUT2D eigenvalue weighted by Crippen LogP contribution is -2.30. The van der Waals surface area contributed by atoms with E-state index in [-0.39, 0.29) is 25.0 Å². The van der Waals surface area contributed by atoms with Crippen LogP contribution in [0.4, 0.5) is 13.2 Å². The number of rotatable bonds is 6. The first-order valence-corrected chi connectivity index (χ1v) is 6.50. The number of alkyl halides is 3. The summed E-state index contributed by atoms with van der Waals surface area (Å²) in [5, 5.41) is 9.40. The number of carbonyl (C=O) groups is 1. The Hall–Kier alpha value is -1.82. The molecule has 0 aliphatic rings. The minimum Gasteiger partial charge on any atom is -0.466 e. The highest BCUT2D eigenvalue weighted by Gasteiger charge is 2.40. The van der Waals surface area contributed by atoms with Crippen LogP contribution >= 0.6 is 0 Å². The first-order valence-electron chi connectivity index (χ1n) is 6.50. The minimum atomic E-state index is -4.77. The van der Waals surface area contributed by atoms with Crippen LogP contribution in [0.3, 0.4) is 0 Å². The number of halogens is 3. The van der Waals surface area contributed by atoms with E-state index in [1.54, 1.807) is 37.3 Å². The fourth-order valence-corrected chi connectivity index (χ4v) is 1.74. The predicted octanol–water partition coefficient (Wildman–Crippen LogP) is 3.34. The zero-order valence-electron chi connectivity index (χ0n) is 11.6. The summed E-state index contributed by atoms with van der Waals surface area (Å²) in [4.78, 5) is 11.3. The second kappa shape index (κ2) is 7.83. The third-order valence-electron chi connectivity index (χ3n) is 2.74. The molecular weight excluding hydrogens is 285 g/mol. The zero-order valence-corrected chi connectivity index (χ0v) is 11.6. The van der Waals surface area contributed by atoms with Crippen molar-refractivity contribution >= 4 is 12.0 Å². The molecule has 0 heterocycles. The molecule has 0 bridgehead atoms. The fourth-order valence-electron chi connectivity index (χ4n) is 1.74. The Morgan fingerprint density at radius 2 is 1.90 bits per heavy atom. The summed E-state index contributed by atoms with van der Waals surface area (Å²) in [6, 6.07) is 8.32. The number of aliphatic hydroxyl groups excluding tert-OH is 1. The van der Waals surface area contributed by atoms with Crippen LogP contribution in [0.1, 0.15) is 25.3 Å². The topological polar surface area (TPSA) is 46.5 Å². The molecule has 1 N–H and O–H groups in total. The number of esters is 1. The monoisotopic (exact) mass is 302 g/mol. The maximum Gasteiger partial charge on any atom is 0.418 e. The van der Waals surface area contributed by atoms with Crippen LogP contribution in [-0.4, -0.2) is 30.0 Å². The first kappa shape index (κ1) is 17.2. The maximum atomic E-state index is 12.7. The largest absolute Gasteiger partial charge is 0.466 e. The van der Waals surface area contributed by atoms with Crippen LogP contribution in [0.5, 0.6) is 0 Å². The van der Waals surface area contributed by atoms with Gasteiger partial charge in [0.1, 0.15) is 0 Å². The van der Waals surface area contributed by atoms with Gasteiger partial charge in [-0.25, -0.2) is 0 Å². The molecule has 21 heavy (non-hydrogen) atoms. The van der Waals surface area contributed by atoms with E-state index >= 15 is 0 Å². The van der Waals surface area contributed by atoms with E-state index in [1.165, 1.54) is 6.08 Å². The lowest BCUT2D eigenvalue weighted by atomic mass is 10.0. The zero-order chi connectivity index (χ0) is 15.9. The standard InChI is InChI=1S/C15H17F3O3/c1-2-21-13(19)9-8-12(14(20)15(16,17)18)10-11-6-4-3-5-7-11/h3-7,10,14,20H,2,8-9H2,1H3/b12-10+. The molecule has 1 rings (SSSR count). The molecule has 0 spiro atoms. The van der Waals surface area contributed by atoms with Crippen molar-refractivity contribution in [2.24, 2.45) is 0 Å². The summed E-state index contributed by atoms with van der Waals surface area (Å²) < 4.78 is 42.7. The van der Waals surface area contributed by atoms with E-state index < -0.39 is 18.2 Å². The van der Waals surface area contributed by atoms with E-state index in [0.717, 1.165) is 0 Å². The van der Waals surface area contributed by atoms with Gasteiger partial charge in [0.2, 0.25) is 0 Å². The number of hydrogen-bond donors (Lipinski definition) is 1. The van der Waals surface area contributed by atoms with Crippen molar-refractivity contribution < 1.29 is 27.8 Å². The van der Waals surface area contributed by atoms with Crippen LogP contribution in [0, 0.1) is 0 Å². The van der Waals surface area contributed by atoms with Crippen LogP contribution < -0.4 is 0 Å². The van der Waals surface area contributed by atoms with E-state index in [9.17, 15) is 23.1 Å². The SMILES string of the molecule is CCOC(=O)CC/C(=C\c1ccccc1)C(O)C(F)(F)F. The van der Waals surface area contributed by atoms with Crippen molar-refractivity contribution in [2.75, 3.05) is 6.61 Å². The summed E-state index contributed by atoms with van der Waals surface area (Å²) in [6.07, 6.45) is -6.53. The fraction of sp³-hybridized carbons (Fsp3) is 0.400. The molecule has 1 unspecified atom stereocenters. The van der Waals surface area contributed by atoms with Crippen molar-refractivity contribution in [3.05, 3.63) is 41.5 Å². The summed E-state index contributed by atoms with van der Waals surface area (Å²) in [5.74, 6) is -0.592. The van der Waals surface area contributed by atoms with Gasteiger partial charge in [0.15, 0.2) is 6.10 Å². The number of benzene rings is 1. The normalized spacial score (nSPS) is 13.9.